The van der Waals surface area contributed by atoms with E-state index in [1.807, 2.05) is 44.4 Å². The van der Waals surface area contributed by atoms with Gasteiger partial charge in [0.25, 0.3) is 0 Å². The first-order valence-electron chi connectivity index (χ1n) is 5.15. The van der Waals surface area contributed by atoms with Crippen LogP contribution in [0, 0.1) is 0 Å². The molecule has 0 amide bonds. The largest absolute Gasteiger partial charge is 0.411 e. The minimum atomic E-state index is 0. The highest BCUT2D eigenvalue weighted by Crippen LogP contribution is 2.06. The number of benzene rings is 1. The Balaban J connectivity index is 0.00000225. The molecule has 0 bridgehead atoms. The standard InChI is InChI=1S/C12H18N2O.ClH/c1-14(2)10-6-9-12(13-15)11-7-4-3-5-8-11;/h3-5,7-8,15H,6,9-10H2,1-2H3;1H. The Bertz CT molecular complexity index is 312. The minimum absolute atomic E-state index is 0. The van der Waals surface area contributed by atoms with Crippen LogP contribution in [0.2, 0.25) is 0 Å². The Morgan fingerprint density at radius 3 is 2.38 bits per heavy atom. The molecule has 0 saturated heterocycles. The average molecular weight is 243 g/mol. The first-order valence-corrected chi connectivity index (χ1v) is 5.15. The molecule has 0 heterocycles. The van der Waals surface area contributed by atoms with Gasteiger partial charge in [0, 0.05) is 0 Å². The third-order valence-electron chi connectivity index (χ3n) is 2.25. The molecule has 3 nitrogen and oxygen atoms in total. The van der Waals surface area contributed by atoms with E-state index in [1.165, 1.54) is 0 Å². The lowest BCUT2D eigenvalue weighted by Crippen LogP contribution is -2.14. The first kappa shape index (κ1) is 14.9. The third kappa shape index (κ3) is 5.14. The molecule has 1 aromatic rings. The predicted octanol–water partition coefficient (Wildman–Crippen LogP) is 2.63. The van der Waals surface area contributed by atoms with Gasteiger partial charge in [-0.1, -0.05) is 35.5 Å². The SMILES string of the molecule is CN(C)CCCC(=NO)c1ccccc1.Cl. The predicted molar refractivity (Wildman–Crippen MR) is 69.8 cm³/mol. The summed E-state index contributed by atoms with van der Waals surface area (Å²) in [6, 6.07) is 9.78. The Morgan fingerprint density at radius 2 is 1.88 bits per heavy atom. The van der Waals surface area contributed by atoms with Crippen LogP contribution in [0.5, 0.6) is 0 Å². The second-order valence-corrected chi connectivity index (χ2v) is 3.82. The Hall–Kier alpha value is -1.06. The van der Waals surface area contributed by atoms with Crippen LogP contribution < -0.4 is 0 Å². The number of rotatable bonds is 5. The molecule has 0 unspecified atom stereocenters. The van der Waals surface area contributed by atoms with Gasteiger partial charge >= 0.3 is 0 Å². The highest BCUT2D eigenvalue weighted by atomic mass is 35.5. The summed E-state index contributed by atoms with van der Waals surface area (Å²) in [6.45, 7) is 1.01. The zero-order chi connectivity index (χ0) is 11.1. The van der Waals surface area contributed by atoms with Crippen molar-refractivity contribution in [1.29, 1.82) is 0 Å². The molecule has 0 radical (unpaired) electrons. The van der Waals surface area contributed by atoms with E-state index in [9.17, 15) is 0 Å². The van der Waals surface area contributed by atoms with Crippen molar-refractivity contribution >= 4 is 18.1 Å². The van der Waals surface area contributed by atoms with E-state index in [-0.39, 0.29) is 12.4 Å². The fourth-order valence-electron chi connectivity index (χ4n) is 1.45. The van der Waals surface area contributed by atoms with Crippen molar-refractivity contribution in [1.82, 2.24) is 4.90 Å². The van der Waals surface area contributed by atoms with Gasteiger partial charge in [0.2, 0.25) is 0 Å². The van der Waals surface area contributed by atoms with Crippen LogP contribution in [0.1, 0.15) is 18.4 Å². The Morgan fingerprint density at radius 1 is 1.25 bits per heavy atom. The fourth-order valence-corrected chi connectivity index (χ4v) is 1.45. The zero-order valence-corrected chi connectivity index (χ0v) is 10.6. The molecule has 0 aromatic heterocycles. The second-order valence-electron chi connectivity index (χ2n) is 3.82. The molecule has 0 atom stereocenters. The lowest BCUT2D eigenvalue weighted by Gasteiger charge is -2.09. The molecule has 1 aromatic carbocycles. The molecular formula is C12H19ClN2O. The lowest BCUT2D eigenvalue weighted by atomic mass is 10.1. The van der Waals surface area contributed by atoms with Crippen LogP contribution in [-0.4, -0.2) is 36.5 Å². The van der Waals surface area contributed by atoms with Gasteiger partial charge in [0.05, 0.1) is 5.71 Å². The summed E-state index contributed by atoms with van der Waals surface area (Å²) in [6.07, 6.45) is 1.81. The van der Waals surface area contributed by atoms with E-state index in [4.69, 9.17) is 5.21 Å². The van der Waals surface area contributed by atoms with Crippen molar-refractivity contribution in [2.45, 2.75) is 12.8 Å². The smallest absolute Gasteiger partial charge is 0.0868 e. The topological polar surface area (TPSA) is 35.8 Å². The van der Waals surface area contributed by atoms with Crippen LogP contribution in [0.15, 0.2) is 35.5 Å². The number of halogens is 1. The number of oxime groups is 1. The van der Waals surface area contributed by atoms with Crippen molar-refractivity contribution < 1.29 is 5.21 Å². The van der Waals surface area contributed by atoms with Crippen molar-refractivity contribution in [2.75, 3.05) is 20.6 Å². The first-order chi connectivity index (χ1) is 7.24. The molecule has 1 N–H and O–H groups in total. The van der Waals surface area contributed by atoms with Gasteiger partial charge < -0.3 is 10.1 Å². The van der Waals surface area contributed by atoms with Gasteiger partial charge in [-0.05, 0) is 39.0 Å². The normalized spacial score (nSPS) is 11.3. The van der Waals surface area contributed by atoms with Gasteiger partial charge in [-0.2, -0.15) is 0 Å². The van der Waals surface area contributed by atoms with E-state index < -0.39 is 0 Å². The molecule has 0 saturated carbocycles. The van der Waals surface area contributed by atoms with Crippen LogP contribution in [0.3, 0.4) is 0 Å². The molecule has 16 heavy (non-hydrogen) atoms. The summed E-state index contributed by atoms with van der Waals surface area (Å²) < 4.78 is 0. The molecule has 4 heteroatoms. The lowest BCUT2D eigenvalue weighted by molar-refractivity contribution is 0.317. The number of hydrogen-bond donors (Lipinski definition) is 1. The maximum atomic E-state index is 8.92. The quantitative estimate of drug-likeness (QED) is 0.490. The van der Waals surface area contributed by atoms with E-state index in [0.29, 0.717) is 0 Å². The molecule has 0 aliphatic carbocycles. The number of nitrogens with zero attached hydrogens (tertiary/aromatic N) is 2. The molecule has 0 fully saturated rings. The van der Waals surface area contributed by atoms with E-state index >= 15 is 0 Å². The second kappa shape index (κ2) is 8.13. The van der Waals surface area contributed by atoms with Crippen molar-refractivity contribution in [3.8, 4) is 0 Å². The van der Waals surface area contributed by atoms with Crippen molar-refractivity contribution in [2.24, 2.45) is 5.16 Å². The number of hydrogen-bond acceptors (Lipinski definition) is 3. The highest BCUT2D eigenvalue weighted by Gasteiger charge is 2.03. The van der Waals surface area contributed by atoms with Crippen LogP contribution in [0.4, 0.5) is 0 Å². The highest BCUT2D eigenvalue weighted by molar-refractivity contribution is 6.00. The van der Waals surface area contributed by atoms with Crippen LogP contribution in [-0.2, 0) is 0 Å². The molecule has 0 aliphatic heterocycles. The molecule has 1 rings (SSSR count). The van der Waals surface area contributed by atoms with Gasteiger partial charge in [-0.15, -0.1) is 12.4 Å². The maximum absolute atomic E-state index is 8.92. The van der Waals surface area contributed by atoms with Crippen LogP contribution >= 0.6 is 12.4 Å². The minimum Gasteiger partial charge on any atom is -0.411 e. The van der Waals surface area contributed by atoms with E-state index in [0.717, 1.165) is 30.7 Å². The van der Waals surface area contributed by atoms with Crippen molar-refractivity contribution in [3.63, 3.8) is 0 Å². The van der Waals surface area contributed by atoms with E-state index in [2.05, 4.69) is 10.1 Å². The summed E-state index contributed by atoms with van der Waals surface area (Å²) in [7, 11) is 4.08. The van der Waals surface area contributed by atoms with Gasteiger partial charge in [0.1, 0.15) is 0 Å². The third-order valence-corrected chi connectivity index (χ3v) is 2.25. The Labute approximate surface area is 103 Å². The zero-order valence-electron chi connectivity index (χ0n) is 9.76. The monoisotopic (exact) mass is 242 g/mol. The molecular weight excluding hydrogens is 224 g/mol. The summed E-state index contributed by atoms with van der Waals surface area (Å²) in [4.78, 5) is 2.12. The summed E-state index contributed by atoms with van der Waals surface area (Å²) >= 11 is 0. The molecule has 90 valence electrons. The summed E-state index contributed by atoms with van der Waals surface area (Å²) in [5.41, 5.74) is 1.76. The van der Waals surface area contributed by atoms with Crippen molar-refractivity contribution in [3.05, 3.63) is 35.9 Å². The van der Waals surface area contributed by atoms with E-state index in [1.54, 1.807) is 0 Å². The van der Waals surface area contributed by atoms with Crippen LogP contribution in [0.25, 0.3) is 0 Å². The summed E-state index contributed by atoms with van der Waals surface area (Å²) in [5, 5.41) is 12.3. The average Bonchev–Trinajstić information content (AvgIpc) is 2.25. The molecule has 0 spiro atoms. The van der Waals surface area contributed by atoms with Gasteiger partial charge in [-0.25, -0.2) is 0 Å². The summed E-state index contributed by atoms with van der Waals surface area (Å²) in [5.74, 6) is 0. The fraction of sp³-hybridized carbons (Fsp3) is 0.417. The van der Waals surface area contributed by atoms with Gasteiger partial charge in [-0.3, -0.25) is 0 Å². The van der Waals surface area contributed by atoms with Gasteiger partial charge in [0.15, 0.2) is 0 Å². The maximum Gasteiger partial charge on any atom is 0.0868 e. The Kier molecular flexibility index (Phi) is 7.60. The molecule has 0 aliphatic rings.